The Hall–Kier alpha value is -1.23. The molecule has 0 aliphatic rings. The van der Waals surface area contributed by atoms with Gasteiger partial charge in [0.15, 0.2) is 0 Å². The normalized spacial score (nSPS) is 14.2. The van der Waals surface area contributed by atoms with Crippen LogP contribution in [-0.2, 0) is 5.54 Å². The number of likely N-dealkylation sites (N-methyl/N-ethyl adjacent to an activating group) is 1. The van der Waals surface area contributed by atoms with Crippen molar-refractivity contribution in [3.63, 3.8) is 0 Å². The van der Waals surface area contributed by atoms with Crippen molar-refractivity contribution in [1.82, 2.24) is 5.32 Å². The summed E-state index contributed by atoms with van der Waals surface area (Å²) in [5, 5.41) is 13.4. The highest BCUT2D eigenvalue weighted by atomic mass is 32.2. The maximum atomic E-state index is 9.96. The summed E-state index contributed by atoms with van der Waals surface area (Å²) < 4.78 is 5.33. The van der Waals surface area contributed by atoms with Crippen LogP contribution in [0.15, 0.2) is 52.0 Å². The molecule has 1 heterocycles. The van der Waals surface area contributed by atoms with E-state index < -0.39 is 5.54 Å². The van der Waals surface area contributed by atoms with Gasteiger partial charge in [-0.15, -0.1) is 11.8 Å². The SMILES string of the molecule is CCNC(CO)(CSc1ccoc1C)c1ccccc1. The molecular formula is C16H21NO2S. The zero-order valence-corrected chi connectivity index (χ0v) is 12.7. The number of thioether (sulfide) groups is 1. The van der Waals surface area contributed by atoms with E-state index in [1.54, 1.807) is 18.0 Å². The Morgan fingerprint density at radius 1 is 1.25 bits per heavy atom. The van der Waals surface area contributed by atoms with Gasteiger partial charge in [-0.2, -0.15) is 0 Å². The van der Waals surface area contributed by atoms with Gasteiger partial charge in [0, 0.05) is 10.6 Å². The summed E-state index contributed by atoms with van der Waals surface area (Å²) >= 11 is 1.70. The molecule has 0 spiro atoms. The zero-order chi connectivity index (χ0) is 14.4. The van der Waals surface area contributed by atoms with E-state index in [0.29, 0.717) is 0 Å². The van der Waals surface area contributed by atoms with Crippen molar-refractivity contribution in [3.8, 4) is 0 Å². The summed E-state index contributed by atoms with van der Waals surface area (Å²) in [6, 6.07) is 12.1. The molecule has 0 radical (unpaired) electrons. The molecule has 2 N–H and O–H groups in total. The van der Waals surface area contributed by atoms with Crippen molar-refractivity contribution in [2.45, 2.75) is 24.3 Å². The van der Waals surface area contributed by atoms with Crippen molar-refractivity contribution in [3.05, 3.63) is 54.0 Å². The van der Waals surface area contributed by atoms with Gasteiger partial charge in [-0.3, -0.25) is 0 Å². The van der Waals surface area contributed by atoms with Crippen molar-refractivity contribution in [2.75, 3.05) is 18.9 Å². The Balaban J connectivity index is 2.21. The van der Waals surface area contributed by atoms with E-state index in [2.05, 4.69) is 24.4 Å². The fraction of sp³-hybridized carbons (Fsp3) is 0.375. The van der Waals surface area contributed by atoms with Crippen LogP contribution < -0.4 is 5.32 Å². The smallest absolute Gasteiger partial charge is 0.114 e. The van der Waals surface area contributed by atoms with E-state index in [0.717, 1.165) is 28.5 Å². The second kappa shape index (κ2) is 6.97. The van der Waals surface area contributed by atoms with E-state index in [9.17, 15) is 5.11 Å². The lowest BCUT2D eigenvalue weighted by atomic mass is 9.92. The lowest BCUT2D eigenvalue weighted by Crippen LogP contribution is -2.47. The number of aryl methyl sites for hydroxylation is 1. The molecule has 0 saturated heterocycles. The van der Waals surface area contributed by atoms with Gasteiger partial charge in [-0.25, -0.2) is 0 Å². The molecule has 0 fully saturated rings. The summed E-state index contributed by atoms with van der Waals surface area (Å²) in [6.45, 7) is 4.88. The topological polar surface area (TPSA) is 45.4 Å². The van der Waals surface area contributed by atoms with Gasteiger partial charge in [0.05, 0.1) is 18.4 Å². The molecule has 3 nitrogen and oxygen atoms in total. The van der Waals surface area contributed by atoms with E-state index >= 15 is 0 Å². The quantitative estimate of drug-likeness (QED) is 0.769. The number of aliphatic hydroxyl groups excluding tert-OH is 1. The Bertz CT molecular complexity index is 526. The maximum Gasteiger partial charge on any atom is 0.114 e. The van der Waals surface area contributed by atoms with Crippen LogP contribution in [0, 0.1) is 6.92 Å². The van der Waals surface area contributed by atoms with Crippen LogP contribution in [-0.4, -0.2) is 24.0 Å². The van der Waals surface area contributed by atoms with E-state index in [4.69, 9.17) is 4.42 Å². The number of furan rings is 1. The van der Waals surface area contributed by atoms with Gasteiger partial charge in [0.25, 0.3) is 0 Å². The number of nitrogens with one attached hydrogen (secondary N) is 1. The first-order valence-corrected chi connectivity index (χ1v) is 7.78. The molecule has 0 amide bonds. The van der Waals surface area contributed by atoms with Crippen LogP contribution in [0.5, 0.6) is 0 Å². The number of aliphatic hydroxyl groups is 1. The van der Waals surface area contributed by atoms with Crippen LogP contribution >= 0.6 is 11.8 Å². The molecule has 0 aliphatic carbocycles. The molecule has 0 bridgehead atoms. The highest BCUT2D eigenvalue weighted by Gasteiger charge is 2.30. The van der Waals surface area contributed by atoms with E-state index in [1.807, 2.05) is 31.2 Å². The minimum atomic E-state index is -0.426. The molecular weight excluding hydrogens is 270 g/mol. The summed E-state index contributed by atoms with van der Waals surface area (Å²) in [5.74, 6) is 1.67. The zero-order valence-electron chi connectivity index (χ0n) is 11.9. The van der Waals surface area contributed by atoms with Crippen molar-refractivity contribution < 1.29 is 9.52 Å². The first-order chi connectivity index (χ1) is 9.72. The molecule has 1 unspecified atom stereocenters. The number of hydrogen-bond acceptors (Lipinski definition) is 4. The molecule has 1 atom stereocenters. The molecule has 0 aliphatic heterocycles. The van der Waals surface area contributed by atoms with Crippen molar-refractivity contribution in [1.29, 1.82) is 0 Å². The van der Waals surface area contributed by atoms with Gasteiger partial charge in [0.2, 0.25) is 0 Å². The molecule has 108 valence electrons. The number of hydrogen-bond donors (Lipinski definition) is 2. The van der Waals surface area contributed by atoms with Crippen LogP contribution in [0.2, 0.25) is 0 Å². The fourth-order valence-electron chi connectivity index (χ4n) is 2.25. The van der Waals surface area contributed by atoms with Gasteiger partial charge in [-0.1, -0.05) is 37.3 Å². The molecule has 20 heavy (non-hydrogen) atoms. The summed E-state index contributed by atoms with van der Waals surface area (Å²) in [6.07, 6.45) is 1.70. The molecule has 2 rings (SSSR count). The lowest BCUT2D eigenvalue weighted by Gasteiger charge is -2.33. The summed E-state index contributed by atoms with van der Waals surface area (Å²) in [5.41, 5.74) is 0.683. The molecule has 4 heteroatoms. The highest BCUT2D eigenvalue weighted by Crippen LogP contribution is 2.31. The van der Waals surface area contributed by atoms with Gasteiger partial charge in [-0.05, 0) is 25.1 Å². The maximum absolute atomic E-state index is 9.96. The molecule has 0 saturated carbocycles. The molecule has 1 aromatic carbocycles. The third-order valence-electron chi connectivity index (χ3n) is 3.40. The Kier molecular flexibility index (Phi) is 5.29. The third kappa shape index (κ3) is 3.26. The van der Waals surface area contributed by atoms with Crippen molar-refractivity contribution in [2.24, 2.45) is 0 Å². The summed E-state index contributed by atoms with van der Waals surface area (Å²) in [7, 11) is 0. The minimum absolute atomic E-state index is 0.0642. The van der Waals surface area contributed by atoms with Gasteiger partial charge in [0.1, 0.15) is 5.76 Å². The molecule has 2 aromatic rings. The lowest BCUT2D eigenvalue weighted by molar-refractivity contribution is 0.181. The standard InChI is InChI=1S/C16H21NO2S/c1-3-17-16(11-18,14-7-5-4-6-8-14)12-20-15-9-10-19-13(15)2/h4-10,17-18H,3,11-12H2,1-2H3. The monoisotopic (exact) mass is 291 g/mol. The van der Waals surface area contributed by atoms with Crippen LogP contribution in [0.1, 0.15) is 18.2 Å². The first kappa shape index (κ1) is 15.2. The Labute approximate surface area is 124 Å². The highest BCUT2D eigenvalue weighted by molar-refractivity contribution is 7.99. The Morgan fingerprint density at radius 3 is 2.55 bits per heavy atom. The fourth-order valence-corrected chi connectivity index (χ4v) is 3.41. The minimum Gasteiger partial charge on any atom is -0.468 e. The van der Waals surface area contributed by atoms with Crippen molar-refractivity contribution >= 4 is 11.8 Å². The number of benzene rings is 1. The van der Waals surface area contributed by atoms with E-state index in [-0.39, 0.29) is 6.61 Å². The van der Waals surface area contributed by atoms with Gasteiger partial charge < -0.3 is 14.8 Å². The van der Waals surface area contributed by atoms with E-state index in [1.165, 1.54) is 0 Å². The first-order valence-electron chi connectivity index (χ1n) is 6.80. The van der Waals surface area contributed by atoms with Gasteiger partial charge >= 0.3 is 0 Å². The summed E-state index contributed by atoms with van der Waals surface area (Å²) in [4.78, 5) is 1.12. The largest absolute Gasteiger partial charge is 0.468 e. The predicted molar refractivity (Wildman–Crippen MR) is 83.1 cm³/mol. The Morgan fingerprint density at radius 2 is 2.00 bits per heavy atom. The van der Waals surface area contributed by atoms with Crippen LogP contribution in [0.4, 0.5) is 0 Å². The average Bonchev–Trinajstić information content (AvgIpc) is 2.90. The second-order valence-corrected chi connectivity index (χ2v) is 5.78. The predicted octanol–water partition coefficient (Wildman–Crippen LogP) is 3.18. The average molecular weight is 291 g/mol. The number of rotatable bonds is 7. The van der Waals surface area contributed by atoms with Crippen LogP contribution in [0.3, 0.4) is 0 Å². The van der Waals surface area contributed by atoms with Crippen LogP contribution in [0.25, 0.3) is 0 Å². The third-order valence-corrected chi connectivity index (χ3v) is 4.77. The molecule has 1 aromatic heterocycles. The second-order valence-electron chi connectivity index (χ2n) is 4.77.